The lowest BCUT2D eigenvalue weighted by atomic mass is 9.76. The molecule has 0 aliphatic carbocycles. The van der Waals surface area contributed by atoms with Crippen LogP contribution in [0.1, 0.15) is 26.7 Å². The Morgan fingerprint density at radius 3 is 2.06 bits per heavy atom. The summed E-state index contributed by atoms with van der Waals surface area (Å²) >= 11 is 0. The maximum Gasteiger partial charge on any atom is 0.322 e. The summed E-state index contributed by atoms with van der Waals surface area (Å²) in [5, 5.41) is 35.2. The highest BCUT2D eigenvalue weighted by molar-refractivity contribution is 5.73. The Morgan fingerprint density at radius 1 is 1.17 bits per heavy atom. The van der Waals surface area contributed by atoms with E-state index in [1.165, 1.54) is 0 Å². The number of carboxylic acids is 2. The molecule has 0 fully saturated rings. The van der Waals surface area contributed by atoms with Gasteiger partial charge in [-0.05, 0) is 18.3 Å². The lowest BCUT2D eigenvalue weighted by Crippen LogP contribution is -2.29. The second-order valence-electron chi connectivity index (χ2n) is 4.37. The van der Waals surface area contributed by atoms with Crippen LogP contribution >= 0.6 is 0 Å². The molecule has 4 atom stereocenters. The molecule has 0 aliphatic heterocycles. The van der Waals surface area contributed by atoms with Crippen LogP contribution in [0.25, 0.3) is 0 Å². The topological polar surface area (TPSA) is 122 Å². The van der Waals surface area contributed by atoms with Crippen LogP contribution in [0.15, 0.2) is 0 Å². The van der Waals surface area contributed by atoms with Crippen molar-refractivity contribution in [2.24, 2.45) is 23.7 Å². The lowest BCUT2D eigenvalue weighted by molar-refractivity contribution is -0.142. The molecule has 0 aromatic rings. The van der Waals surface area contributed by atoms with Gasteiger partial charge in [-0.1, -0.05) is 13.8 Å². The predicted octanol–water partition coefficient (Wildman–Crippen LogP) is 1.49. The minimum absolute atomic E-state index is 0.0338. The lowest BCUT2D eigenvalue weighted by Gasteiger charge is -2.25. The molecule has 18 heavy (non-hydrogen) atoms. The minimum atomic E-state index is -1.38. The van der Waals surface area contributed by atoms with Crippen LogP contribution in [-0.2, 0) is 9.59 Å². The SMILES string of the molecule is CC(CCC(=O)O)C(C)C(C#N)C(C#N)C(=O)O. The maximum absolute atomic E-state index is 10.9. The molecule has 2 N–H and O–H groups in total. The third-order valence-corrected chi connectivity index (χ3v) is 3.19. The number of nitrogens with zero attached hydrogens (tertiary/aromatic N) is 2. The van der Waals surface area contributed by atoms with Gasteiger partial charge in [0, 0.05) is 6.42 Å². The third-order valence-electron chi connectivity index (χ3n) is 3.19. The minimum Gasteiger partial charge on any atom is -0.481 e. The summed E-state index contributed by atoms with van der Waals surface area (Å²) in [5.74, 6) is -5.05. The van der Waals surface area contributed by atoms with Crippen molar-refractivity contribution in [3.8, 4) is 12.1 Å². The molecule has 0 aromatic heterocycles. The maximum atomic E-state index is 10.9. The summed E-state index contributed by atoms with van der Waals surface area (Å²) in [6.07, 6.45) is 0.320. The van der Waals surface area contributed by atoms with Crippen molar-refractivity contribution in [2.45, 2.75) is 26.7 Å². The Labute approximate surface area is 105 Å². The van der Waals surface area contributed by atoms with E-state index in [-0.39, 0.29) is 18.3 Å². The Hall–Kier alpha value is -2.08. The van der Waals surface area contributed by atoms with Crippen LogP contribution in [0.5, 0.6) is 0 Å². The van der Waals surface area contributed by atoms with E-state index in [2.05, 4.69) is 0 Å². The molecule has 0 aliphatic rings. The summed E-state index contributed by atoms with van der Waals surface area (Å²) < 4.78 is 0. The van der Waals surface area contributed by atoms with Crippen LogP contribution in [-0.4, -0.2) is 22.2 Å². The predicted molar refractivity (Wildman–Crippen MR) is 61.0 cm³/mol. The number of aliphatic carboxylic acids is 2. The molecular formula is C12H16N2O4. The molecule has 0 saturated carbocycles. The number of hydrogen-bond acceptors (Lipinski definition) is 4. The van der Waals surface area contributed by atoms with Gasteiger partial charge in [0.25, 0.3) is 0 Å². The van der Waals surface area contributed by atoms with E-state index in [9.17, 15) is 9.59 Å². The Morgan fingerprint density at radius 2 is 1.72 bits per heavy atom. The second-order valence-corrected chi connectivity index (χ2v) is 4.37. The highest BCUT2D eigenvalue weighted by Crippen LogP contribution is 2.29. The van der Waals surface area contributed by atoms with E-state index in [1.54, 1.807) is 19.9 Å². The third kappa shape index (κ3) is 4.42. The first-order chi connectivity index (χ1) is 8.34. The standard InChI is InChI=1S/C12H16N2O4/c1-7(3-4-11(15)16)8(2)9(5-13)10(6-14)12(17)18/h7-10H,3-4H2,1-2H3,(H,15,16)(H,17,18). The zero-order chi connectivity index (χ0) is 14.3. The van der Waals surface area contributed by atoms with E-state index >= 15 is 0 Å². The summed E-state index contributed by atoms with van der Waals surface area (Å²) in [7, 11) is 0. The second kappa shape index (κ2) is 7.29. The molecule has 0 amide bonds. The van der Waals surface area contributed by atoms with Gasteiger partial charge < -0.3 is 10.2 Å². The first-order valence-electron chi connectivity index (χ1n) is 5.59. The van der Waals surface area contributed by atoms with Crippen LogP contribution in [0.2, 0.25) is 0 Å². The first-order valence-corrected chi connectivity index (χ1v) is 5.59. The number of nitriles is 2. The zero-order valence-electron chi connectivity index (χ0n) is 10.3. The Kier molecular flexibility index (Phi) is 6.44. The molecule has 6 heteroatoms. The van der Waals surface area contributed by atoms with Gasteiger partial charge >= 0.3 is 11.9 Å². The molecule has 0 aromatic carbocycles. The van der Waals surface area contributed by atoms with Gasteiger partial charge in [0.05, 0.1) is 18.1 Å². The molecule has 4 unspecified atom stereocenters. The smallest absolute Gasteiger partial charge is 0.322 e. The van der Waals surface area contributed by atoms with Gasteiger partial charge in [0.2, 0.25) is 0 Å². The summed E-state index contributed by atoms with van der Waals surface area (Å²) in [6.45, 7) is 3.43. The fraction of sp³-hybridized carbons (Fsp3) is 0.667. The van der Waals surface area contributed by atoms with Crippen molar-refractivity contribution in [2.75, 3.05) is 0 Å². The molecule has 6 nitrogen and oxygen atoms in total. The Bertz CT molecular complexity index is 394. The van der Waals surface area contributed by atoms with Crippen LogP contribution in [0, 0.1) is 46.3 Å². The van der Waals surface area contributed by atoms with Gasteiger partial charge in [0.15, 0.2) is 5.92 Å². The average Bonchev–Trinajstić information content (AvgIpc) is 2.31. The fourth-order valence-corrected chi connectivity index (χ4v) is 1.75. The van der Waals surface area contributed by atoms with E-state index in [0.29, 0.717) is 6.42 Å². The number of rotatable bonds is 7. The molecule has 0 rings (SSSR count). The summed E-state index contributed by atoms with van der Waals surface area (Å²) in [5.41, 5.74) is 0. The van der Waals surface area contributed by atoms with E-state index in [4.69, 9.17) is 20.7 Å². The summed E-state index contributed by atoms with van der Waals surface area (Å²) in [6, 6.07) is 3.47. The molecule has 0 radical (unpaired) electrons. The number of hydrogen-bond donors (Lipinski definition) is 2. The average molecular weight is 252 g/mol. The molecule has 0 heterocycles. The van der Waals surface area contributed by atoms with E-state index in [0.717, 1.165) is 0 Å². The largest absolute Gasteiger partial charge is 0.481 e. The molecule has 98 valence electrons. The highest BCUT2D eigenvalue weighted by Gasteiger charge is 2.34. The normalized spacial score (nSPS) is 16.7. The van der Waals surface area contributed by atoms with Crippen LogP contribution < -0.4 is 0 Å². The molecule has 0 spiro atoms. The summed E-state index contributed by atoms with van der Waals surface area (Å²) in [4.78, 5) is 21.3. The molecule has 0 saturated heterocycles. The van der Waals surface area contributed by atoms with Crippen LogP contribution in [0.3, 0.4) is 0 Å². The van der Waals surface area contributed by atoms with Gasteiger partial charge in [0.1, 0.15) is 0 Å². The number of carboxylic acid groups (broad SMARTS) is 2. The first kappa shape index (κ1) is 15.9. The van der Waals surface area contributed by atoms with Crippen molar-refractivity contribution in [1.29, 1.82) is 10.5 Å². The van der Waals surface area contributed by atoms with Crippen molar-refractivity contribution >= 4 is 11.9 Å². The van der Waals surface area contributed by atoms with Crippen molar-refractivity contribution in [3.05, 3.63) is 0 Å². The van der Waals surface area contributed by atoms with E-state index < -0.39 is 23.8 Å². The van der Waals surface area contributed by atoms with Crippen molar-refractivity contribution in [3.63, 3.8) is 0 Å². The Balaban J connectivity index is 4.76. The van der Waals surface area contributed by atoms with Gasteiger partial charge in [-0.25, -0.2) is 0 Å². The molecular weight excluding hydrogens is 236 g/mol. The van der Waals surface area contributed by atoms with Gasteiger partial charge in [-0.2, -0.15) is 10.5 Å². The number of carbonyl (C=O) groups is 2. The molecule has 0 bridgehead atoms. The van der Waals surface area contributed by atoms with Crippen LogP contribution in [0.4, 0.5) is 0 Å². The zero-order valence-corrected chi connectivity index (χ0v) is 10.3. The van der Waals surface area contributed by atoms with Crippen molar-refractivity contribution < 1.29 is 19.8 Å². The van der Waals surface area contributed by atoms with Crippen molar-refractivity contribution in [1.82, 2.24) is 0 Å². The monoisotopic (exact) mass is 252 g/mol. The fourth-order valence-electron chi connectivity index (χ4n) is 1.75. The van der Waals surface area contributed by atoms with E-state index in [1.807, 2.05) is 6.07 Å². The van der Waals surface area contributed by atoms with Gasteiger partial charge in [-0.3, -0.25) is 9.59 Å². The quantitative estimate of drug-likeness (QED) is 0.707. The van der Waals surface area contributed by atoms with Gasteiger partial charge in [-0.15, -0.1) is 0 Å². The highest BCUT2D eigenvalue weighted by atomic mass is 16.4.